The molecule has 0 fully saturated rings. The molecule has 0 aliphatic heterocycles. The highest BCUT2D eigenvalue weighted by molar-refractivity contribution is 9.13. The van der Waals surface area contributed by atoms with Crippen molar-refractivity contribution in [2.45, 2.75) is 6.92 Å². The first-order valence-electron chi connectivity index (χ1n) is 6.65. The lowest BCUT2D eigenvalue weighted by molar-refractivity contribution is -0.111. The van der Waals surface area contributed by atoms with Crippen molar-refractivity contribution in [3.8, 4) is 0 Å². The van der Waals surface area contributed by atoms with Crippen LogP contribution in [0.25, 0.3) is 5.57 Å². The Morgan fingerprint density at radius 1 is 1.09 bits per heavy atom. The van der Waals surface area contributed by atoms with Crippen molar-refractivity contribution in [2.24, 2.45) is 0 Å². The summed E-state index contributed by atoms with van der Waals surface area (Å²) in [6.45, 7) is 1.82. The highest BCUT2D eigenvalue weighted by Crippen LogP contribution is 2.27. The number of hydrogen-bond donors (Lipinski definition) is 2. The Balaban J connectivity index is 2.21. The Morgan fingerprint density at radius 3 is 2.43 bits per heavy atom. The van der Waals surface area contributed by atoms with Crippen LogP contribution < -0.4 is 5.32 Å². The van der Waals surface area contributed by atoms with Crippen molar-refractivity contribution in [1.29, 1.82) is 0 Å². The summed E-state index contributed by atoms with van der Waals surface area (Å²) >= 11 is 6.81. The summed E-state index contributed by atoms with van der Waals surface area (Å²) in [5.41, 5.74) is 1.98. The molecule has 0 aliphatic rings. The number of hydrogen-bond acceptors (Lipinski definition) is 2. The van der Waals surface area contributed by atoms with Crippen molar-refractivity contribution in [1.82, 2.24) is 0 Å². The van der Waals surface area contributed by atoms with E-state index in [2.05, 4.69) is 37.2 Å². The zero-order valence-corrected chi connectivity index (χ0v) is 15.3. The molecular weight excluding hydrogens is 426 g/mol. The van der Waals surface area contributed by atoms with E-state index in [1.165, 1.54) is 12.1 Å². The van der Waals surface area contributed by atoms with Gasteiger partial charge in [0.25, 0.3) is 0 Å². The summed E-state index contributed by atoms with van der Waals surface area (Å²) in [6, 6.07) is 12.0. The van der Waals surface area contributed by atoms with E-state index in [4.69, 9.17) is 5.11 Å². The van der Waals surface area contributed by atoms with Crippen LogP contribution in [0.1, 0.15) is 22.8 Å². The van der Waals surface area contributed by atoms with E-state index < -0.39 is 5.97 Å². The van der Waals surface area contributed by atoms with Crippen LogP contribution in [-0.4, -0.2) is 17.0 Å². The number of carboxylic acid groups (broad SMARTS) is 1. The molecular formula is C17H13Br2NO3. The fraction of sp³-hybridized carbons (Fsp3) is 0.0588. The summed E-state index contributed by atoms with van der Waals surface area (Å²) in [5.74, 6) is -1.46. The molecule has 2 aromatic rings. The van der Waals surface area contributed by atoms with Gasteiger partial charge in [-0.25, -0.2) is 4.79 Å². The maximum absolute atomic E-state index is 12.1. The third kappa shape index (κ3) is 4.53. The van der Waals surface area contributed by atoms with Gasteiger partial charge in [0.2, 0.25) is 5.91 Å². The Bertz CT molecular complexity index is 800. The molecule has 0 radical (unpaired) electrons. The molecule has 2 N–H and O–H groups in total. The topological polar surface area (TPSA) is 66.4 Å². The van der Waals surface area contributed by atoms with Gasteiger partial charge >= 0.3 is 5.97 Å². The highest BCUT2D eigenvalue weighted by atomic mass is 79.9. The van der Waals surface area contributed by atoms with E-state index in [9.17, 15) is 9.59 Å². The van der Waals surface area contributed by atoms with Crippen LogP contribution in [0, 0.1) is 0 Å². The minimum atomic E-state index is -1.08. The fourth-order valence-corrected chi connectivity index (χ4v) is 2.59. The SMILES string of the molecule is CC(=CC(=O)Nc1ccccc1C(=O)O)c1ccc(Br)c(Br)c1. The summed E-state index contributed by atoms with van der Waals surface area (Å²) in [7, 11) is 0. The molecule has 0 saturated carbocycles. The molecule has 2 rings (SSSR count). The number of halogens is 2. The number of amides is 1. The van der Waals surface area contributed by atoms with Gasteiger partial charge in [-0.15, -0.1) is 0 Å². The van der Waals surface area contributed by atoms with Crippen molar-refractivity contribution in [3.05, 3.63) is 68.6 Å². The van der Waals surface area contributed by atoms with Crippen LogP contribution in [-0.2, 0) is 4.79 Å². The van der Waals surface area contributed by atoms with Crippen LogP contribution in [0.15, 0.2) is 57.5 Å². The van der Waals surface area contributed by atoms with Gasteiger partial charge in [0.15, 0.2) is 0 Å². The maximum atomic E-state index is 12.1. The number of aromatic carboxylic acids is 1. The number of benzene rings is 2. The van der Waals surface area contributed by atoms with E-state index in [1.807, 2.05) is 25.1 Å². The molecule has 0 heterocycles. The van der Waals surface area contributed by atoms with Crippen molar-refractivity contribution in [2.75, 3.05) is 5.32 Å². The van der Waals surface area contributed by atoms with Gasteiger partial charge < -0.3 is 10.4 Å². The van der Waals surface area contributed by atoms with Crippen LogP contribution >= 0.6 is 31.9 Å². The quantitative estimate of drug-likeness (QED) is 0.663. The summed E-state index contributed by atoms with van der Waals surface area (Å²) in [5, 5.41) is 11.7. The summed E-state index contributed by atoms with van der Waals surface area (Å²) < 4.78 is 1.81. The molecule has 0 unspecified atom stereocenters. The van der Waals surface area contributed by atoms with Crippen molar-refractivity contribution in [3.63, 3.8) is 0 Å². The van der Waals surface area contributed by atoms with Gasteiger partial charge in [0.1, 0.15) is 0 Å². The molecule has 0 bridgehead atoms. The van der Waals surface area contributed by atoms with Gasteiger partial charge in [-0.05, 0) is 74.2 Å². The molecule has 118 valence electrons. The van der Waals surface area contributed by atoms with E-state index in [1.54, 1.807) is 18.2 Å². The third-order valence-electron chi connectivity index (χ3n) is 3.14. The average molecular weight is 439 g/mol. The number of nitrogens with one attached hydrogen (secondary N) is 1. The number of allylic oxidation sites excluding steroid dienone is 1. The van der Waals surface area contributed by atoms with Gasteiger partial charge in [0.05, 0.1) is 11.3 Å². The maximum Gasteiger partial charge on any atom is 0.337 e. The summed E-state index contributed by atoms with van der Waals surface area (Å²) in [6.07, 6.45) is 1.44. The Hall–Kier alpha value is -1.92. The van der Waals surface area contributed by atoms with Gasteiger partial charge in [0, 0.05) is 15.0 Å². The molecule has 6 heteroatoms. The second-order valence-corrected chi connectivity index (χ2v) is 6.50. The Labute approximate surface area is 150 Å². The number of rotatable bonds is 4. The van der Waals surface area contributed by atoms with E-state index in [0.29, 0.717) is 0 Å². The number of carbonyl (C=O) groups is 2. The monoisotopic (exact) mass is 437 g/mol. The second kappa shape index (κ2) is 7.57. The van der Waals surface area contributed by atoms with E-state index in [-0.39, 0.29) is 17.2 Å². The van der Waals surface area contributed by atoms with Gasteiger partial charge in [-0.1, -0.05) is 18.2 Å². The first kappa shape index (κ1) is 17.4. The molecule has 1 amide bonds. The number of anilines is 1. The molecule has 23 heavy (non-hydrogen) atoms. The first-order chi connectivity index (χ1) is 10.9. The fourth-order valence-electron chi connectivity index (χ4n) is 1.97. The Kier molecular flexibility index (Phi) is 5.74. The average Bonchev–Trinajstić information content (AvgIpc) is 2.50. The van der Waals surface area contributed by atoms with Crippen LogP contribution in [0.5, 0.6) is 0 Å². The number of carbonyl (C=O) groups excluding carboxylic acids is 1. The minimum absolute atomic E-state index is 0.0540. The lowest BCUT2D eigenvalue weighted by Crippen LogP contribution is -2.12. The van der Waals surface area contributed by atoms with Crippen molar-refractivity contribution < 1.29 is 14.7 Å². The normalized spacial score (nSPS) is 11.2. The third-order valence-corrected chi connectivity index (χ3v) is 5.02. The molecule has 0 spiro atoms. The lowest BCUT2D eigenvalue weighted by atomic mass is 10.1. The van der Waals surface area contributed by atoms with Crippen LogP contribution in [0.4, 0.5) is 5.69 Å². The molecule has 2 aromatic carbocycles. The molecule has 4 nitrogen and oxygen atoms in total. The van der Waals surface area contributed by atoms with Crippen molar-refractivity contribution >= 4 is 55.0 Å². The Morgan fingerprint density at radius 2 is 1.78 bits per heavy atom. The zero-order valence-electron chi connectivity index (χ0n) is 12.1. The lowest BCUT2D eigenvalue weighted by Gasteiger charge is -2.07. The largest absolute Gasteiger partial charge is 0.478 e. The second-order valence-electron chi connectivity index (χ2n) is 4.80. The summed E-state index contributed by atoms with van der Waals surface area (Å²) in [4.78, 5) is 23.3. The zero-order chi connectivity index (χ0) is 17.0. The van der Waals surface area contributed by atoms with Gasteiger partial charge in [-0.2, -0.15) is 0 Å². The van der Waals surface area contributed by atoms with Gasteiger partial charge in [-0.3, -0.25) is 4.79 Å². The predicted molar refractivity (Wildman–Crippen MR) is 97.5 cm³/mol. The molecule has 0 aliphatic carbocycles. The molecule has 0 saturated heterocycles. The molecule has 0 atom stereocenters. The van der Waals surface area contributed by atoms with Crippen LogP contribution in [0.2, 0.25) is 0 Å². The standard InChI is InChI=1S/C17H13Br2NO3/c1-10(11-6-7-13(18)14(19)9-11)8-16(21)20-15-5-3-2-4-12(15)17(22)23/h2-9H,1H3,(H,20,21)(H,22,23). The van der Waals surface area contributed by atoms with Crippen LogP contribution in [0.3, 0.4) is 0 Å². The highest BCUT2D eigenvalue weighted by Gasteiger charge is 2.11. The minimum Gasteiger partial charge on any atom is -0.478 e. The number of carboxylic acids is 1. The number of para-hydroxylation sites is 1. The smallest absolute Gasteiger partial charge is 0.337 e. The van der Waals surface area contributed by atoms with E-state index >= 15 is 0 Å². The predicted octanol–water partition coefficient (Wildman–Crippen LogP) is 4.95. The van der Waals surface area contributed by atoms with E-state index in [0.717, 1.165) is 20.1 Å². The molecule has 0 aromatic heterocycles. The first-order valence-corrected chi connectivity index (χ1v) is 8.24.